The predicted molar refractivity (Wildman–Crippen MR) is 104 cm³/mol. The lowest BCUT2D eigenvalue weighted by Crippen LogP contribution is -1.99. The monoisotopic (exact) mass is 358 g/mol. The smallest absolute Gasteiger partial charge is 0.189 e. The van der Waals surface area contributed by atoms with E-state index in [1.165, 1.54) is 5.56 Å². The molecule has 0 bridgehead atoms. The molecule has 0 amide bonds. The molecule has 0 fully saturated rings. The van der Waals surface area contributed by atoms with Crippen LogP contribution in [-0.2, 0) is 0 Å². The summed E-state index contributed by atoms with van der Waals surface area (Å²) in [6.07, 6.45) is 3.32. The molecule has 5 aromatic rings. The van der Waals surface area contributed by atoms with E-state index in [1.807, 2.05) is 41.1 Å². The van der Waals surface area contributed by atoms with Gasteiger partial charge in [0.05, 0.1) is 27.5 Å². The molecule has 0 aliphatic heterocycles. The van der Waals surface area contributed by atoms with Gasteiger partial charge in [0.1, 0.15) is 12.1 Å². The van der Waals surface area contributed by atoms with E-state index in [9.17, 15) is 0 Å². The van der Waals surface area contributed by atoms with Crippen LogP contribution >= 0.6 is 11.3 Å². The number of anilines is 2. The molecule has 1 N–H and O–H groups in total. The number of benzene rings is 2. The van der Waals surface area contributed by atoms with E-state index in [0.29, 0.717) is 5.82 Å². The highest BCUT2D eigenvalue weighted by Gasteiger charge is 2.12. The first kappa shape index (κ1) is 15.0. The third kappa shape index (κ3) is 2.49. The van der Waals surface area contributed by atoms with Crippen LogP contribution in [0, 0.1) is 6.92 Å². The molecule has 7 heteroatoms. The van der Waals surface area contributed by atoms with Crippen molar-refractivity contribution in [2.75, 3.05) is 5.32 Å². The van der Waals surface area contributed by atoms with Gasteiger partial charge < -0.3 is 5.32 Å². The van der Waals surface area contributed by atoms with Gasteiger partial charge in [-0.3, -0.25) is 0 Å². The quantitative estimate of drug-likeness (QED) is 0.515. The topological polar surface area (TPSA) is 68.5 Å². The fourth-order valence-corrected chi connectivity index (χ4v) is 3.85. The Morgan fingerprint density at radius 1 is 1.04 bits per heavy atom. The fraction of sp³-hybridized carbons (Fsp3) is 0.0526. The fourth-order valence-electron chi connectivity index (χ4n) is 2.89. The second-order valence-corrected chi connectivity index (χ2v) is 7.00. The number of hydrogen-bond donors (Lipinski definition) is 1. The summed E-state index contributed by atoms with van der Waals surface area (Å²) in [5.74, 6) is 0.702. The maximum Gasteiger partial charge on any atom is 0.189 e. The molecule has 6 nitrogen and oxygen atoms in total. The standard InChI is InChI=1S/C19H14N6S/c1-12-7-8-15-16(9-12)26-19(23-15)24-17-14-10-22-25(18(14)21-11-20-17)13-5-3-2-4-6-13/h2-11H,1H3,(H,20,21,23,24). The number of nitrogens with zero attached hydrogens (tertiary/aromatic N) is 5. The third-order valence-corrected chi connectivity index (χ3v) is 5.07. The lowest BCUT2D eigenvalue weighted by molar-refractivity contribution is 0.895. The van der Waals surface area contributed by atoms with E-state index in [2.05, 4.69) is 44.4 Å². The van der Waals surface area contributed by atoms with Crippen LogP contribution in [0.25, 0.3) is 26.9 Å². The second-order valence-electron chi connectivity index (χ2n) is 5.97. The average molecular weight is 358 g/mol. The van der Waals surface area contributed by atoms with Gasteiger partial charge in [0.2, 0.25) is 0 Å². The van der Waals surface area contributed by atoms with Crippen LogP contribution in [-0.4, -0.2) is 24.7 Å². The molecule has 0 saturated carbocycles. The molecule has 3 heterocycles. The number of para-hydroxylation sites is 1. The van der Waals surface area contributed by atoms with Crippen molar-refractivity contribution in [3.8, 4) is 5.69 Å². The Hall–Kier alpha value is -3.32. The maximum absolute atomic E-state index is 4.64. The van der Waals surface area contributed by atoms with E-state index < -0.39 is 0 Å². The summed E-state index contributed by atoms with van der Waals surface area (Å²) < 4.78 is 2.96. The predicted octanol–water partition coefficient (Wildman–Crippen LogP) is 4.48. The van der Waals surface area contributed by atoms with Crippen molar-refractivity contribution in [2.24, 2.45) is 0 Å². The number of fused-ring (bicyclic) bond motifs is 2. The Kier molecular flexibility index (Phi) is 3.39. The largest absolute Gasteiger partial charge is 0.315 e. The molecule has 0 saturated heterocycles. The number of aromatic nitrogens is 5. The second kappa shape index (κ2) is 5.89. The van der Waals surface area contributed by atoms with Crippen molar-refractivity contribution in [1.82, 2.24) is 24.7 Å². The first-order valence-electron chi connectivity index (χ1n) is 8.16. The summed E-state index contributed by atoms with van der Waals surface area (Å²) in [7, 11) is 0. The molecule has 5 rings (SSSR count). The Balaban J connectivity index is 1.57. The van der Waals surface area contributed by atoms with Crippen LogP contribution in [0.1, 0.15) is 5.56 Å². The lowest BCUT2D eigenvalue weighted by Gasteiger charge is -2.04. The van der Waals surface area contributed by atoms with Gasteiger partial charge in [0, 0.05) is 0 Å². The van der Waals surface area contributed by atoms with Gasteiger partial charge in [-0.1, -0.05) is 35.6 Å². The minimum absolute atomic E-state index is 0.702. The van der Waals surface area contributed by atoms with Gasteiger partial charge in [-0.15, -0.1) is 0 Å². The van der Waals surface area contributed by atoms with Crippen molar-refractivity contribution in [3.05, 3.63) is 66.6 Å². The number of thiazole rings is 1. The Morgan fingerprint density at radius 3 is 2.81 bits per heavy atom. The molecular formula is C19H14N6S. The van der Waals surface area contributed by atoms with Crippen LogP contribution in [0.15, 0.2) is 61.1 Å². The SMILES string of the molecule is Cc1ccc2nc(Nc3ncnc4c3cnn4-c3ccccc3)sc2c1. The summed E-state index contributed by atoms with van der Waals surface area (Å²) >= 11 is 1.61. The Labute approximate surface area is 153 Å². The van der Waals surface area contributed by atoms with E-state index in [4.69, 9.17) is 0 Å². The summed E-state index contributed by atoms with van der Waals surface area (Å²) in [4.78, 5) is 13.4. The molecule has 0 aliphatic rings. The van der Waals surface area contributed by atoms with E-state index >= 15 is 0 Å². The van der Waals surface area contributed by atoms with Gasteiger partial charge in [0.15, 0.2) is 10.8 Å². The first-order chi connectivity index (χ1) is 12.8. The van der Waals surface area contributed by atoms with Crippen molar-refractivity contribution in [1.29, 1.82) is 0 Å². The average Bonchev–Trinajstić information content (AvgIpc) is 3.26. The van der Waals surface area contributed by atoms with Gasteiger partial charge in [0.25, 0.3) is 0 Å². The zero-order valence-electron chi connectivity index (χ0n) is 13.9. The minimum Gasteiger partial charge on any atom is -0.315 e. The molecule has 26 heavy (non-hydrogen) atoms. The molecular weight excluding hydrogens is 344 g/mol. The zero-order chi connectivity index (χ0) is 17.5. The van der Waals surface area contributed by atoms with Crippen molar-refractivity contribution in [2.45, 2.75) is 6.92 Å². The summed E-state index contributed by atoms with van der Waals surface area (Å²) in [5.41, 5.74) is 3.92. The number of hydrogen-bond acceptors (Lipinski definition) is 6. The molecule has 126 valence electrons. The highest BCUT2D eigenvalue weighted by atomic mass is 32.1. The number of nitrogens with one attached hydrogen (secondary N) is 1. The summed E-state index contributed by atoms with van der Waals surface area (Å²) in [6, 6.07) is 16.2. The van der Waals surface area contributed by atoms with Gasteiger partial charge in [-0.05, 0) is 36.8 Å². The van der Waals surface area contributed by atoms with Crippen LogP contribution in [0.2, 0.25) is 0 Å². The number of rotatable bonds is 3. The van der Waals surface area contributed by atoms with Crippen LogP contribution in [0.3, 0.4) is 0 Å². The Morgan fingerprint density at radius 2 is 1.92 bits per heavy atom. The van der Waals surface area contributed by atoms with Gasteiger partial charge in [-0.25, -0.2) is 19.6 Å². The minimum atomic E-state index is 0.702. The highest BCUT2D eigenvalue weighted by Crippen LogP contribution is 2.30. The van der Waals surface area contributed by atoms with Crippen LogP contribution < -0.4 is 5.32 Å². The van der Waals surface area contributed by atoms with E-state index in [0.717, 1.165) is 32.1 Å². The highest BCUT2D eigenvalue weighted by molar-refractivity contribution is 7.22. The summed E-state index contributed by atoms with van der Waals surface area (Å²) in [6.45, 7) is 2.08. The Bertz CT molecular complexity index is 1220. The van der Waals surface area contributed by atoms with Crippen molar-refractivity contribution >= 4 is 43.5 Å². The number of aryl methyl sites for hydroxylation is 1. The first-order valence-corrected chi connectivity index (χ1v) is 8.98. The molecule has 0 spiro atoms. The van der Waals surface area contributed by atoms with E-state index in [1.54, 1.807) is 23.9 Å². The molecule has 0 radical (unpaired) electrons. The van der Waals surface area contributed by atoms with Gasteiger partial charge >= 0.3 is 0 Å². The van der Waals surface area contributed by atoms with Gasteiger partial charge in [-0.2, -0.15) is 5.10 Å². The zero-order valence-corrected chi connectivity index (χ0v) is 14.7. The van der Waals surface area contributed by atoms with Crippen LogP contribution in [0.5, 0.6) is 0 Å². The molecule has 0 aliphatic carbocycles. The molecule has 2 aromatic carbocycles. The third-order valence-electron chi connectivity index (χ3n) is 4.14. The molecule has 0 atom stereocenters. The molecule has 3 aromatic heterocycles. The van der Waals surface area contributed by atoms with Crippen molar-refractivity contribution in [3.63, 3.8) is 0 Å². The maximum atomic E-state index is 4.64. The molecule has 0 unspecified atom stereocenters. The van der Waals surface area contributed by atoms with Crippen LogP contribution in [0.4, 0.5) is 10.9 Å². The normalized spacial score (nSPS) is 11.3. The van der Waals surface area contributed by atoms with Crippen molar-refractivity contribution < 1.29 is 0 Å². The summed E-state index contributed by atoms with van der Waals surface area (Å²) in [5, 5.41) is 9.46. The van der Waals surface area contributed by atoms with E-state index in [-0.39, 0.29) is 0 Å². The lowest BCUT2D eigenvalue weighted by atomic mass is 10.2.